The summed E-state index contributed by atoms with van der Waals surface area (Å²) >= 11 is 0. The summed E-state index contributed by atoms with van der Waals surface area (Å²) < 4.78 is 32.5. The molecule has 0 aromatic heterocycles. The number of hydrogen-bond acceptors (Lipinski definition) is 4. The largest absolute Gasteiger partial charge is 0.381 e. The molecular weight excluding hydrogens is 276 g/mol. The second-order valence-corrected chi connectivity index (χ2v) is 6.85. The van der Waals surface area contributed by atoms with Gasteiger partial charge in [0.15, 0.2) is 0 Å². The van der Waals surface area contributed by atoms with Gasteiger partial charge >= 0.3 is 0 Å². The molecule has 20 heavy (non-hydrogen) atoms. The molecule has 0 saturated carbocycles. The van der Waals surface area contributed by atoms with Crippen molar-refractivity contribution in [2.45, 2.75) is 24.3 Å². The van der Waals surface area contributed by atoms with Crippen molar-refractivity contribution in [3.05, 3.63) is 29.8 Å². The van der Waals surface area contributed by atoms with Gasteiger partial charge in [-0.15, -0.1) is 0 Å². The Bertz CT molecular complexity index is 525. The average molecular weight is 298 g/mol. The summed E-state index contributed by atoms with van der Waals surface area (Å²) in [6.45, 7) is 2.60. The standard InChI is InChI=1S/C14H22N2O3S/c1-15-10-13-3-2-4-14(9-13)20(17,18)16-11-12-5-7-19-8-6-12/h2-4,9,12,15-16H,5-8,10-11H2,1H3. The van der Waals surface area contributed by atoms with Crippen molar-refractivity contribution in [3.63, 3.8) is 0 Å². The molecule has 1 aliphatic heterocycles. The molecule has 0 spiro atoms. The molecule has 2 rings (SSSR count). The first-order chi connectivity index (χ1) is 9.62. The van der Waals surface area contributed by atoms with Crippen LogP contribution in [0.25, 0.3) is 0 Å². The van der Waals surface area contributed by atoms with Crippen LogP contribution in [-0.4, -0.2) is 35.2 Å². The summed E-state index contributed by atoms with van der Waals surface area (Å²) in [6.07, 6.45) is 1.84. The van der Waals surface area contributed by atoms with Crippen molar-refractivity contribution < 1.29 is 13.2 Å². The Labute approximate surface area is 120 Å². The van der Waals surface area contributed by atoms with Crippen LogP contribution in [0.3, 0.4) is 0 Å². The molecule has 112 valence electrons. The lowest BCUT2D eigenvalue weighted by Crippen LogP contribution is -2.32. The zero-order chi connectivity index (χ0) is 14.4. The topological polar surface area (TPSA) is 67.4 Å². The van der Waals surface area contributed by atoms with Crippen molar-refractivity contribution in [1.29, 1.82) is 0 Å². The van der Waals surface area contributed by atoms with Gasteiger partial charge in [-0.2, -0.15) is 0 Å². The molecule has 1 heterocycles. The fourth-order valence-electron chi connectivity index (χ4n) is 2.29. The van der Waals surface area contributed by atoms with Gasteiger partial charge in [0.1, 0.15) is 0 Å². The summed E-state index contributed by atoms with van der Waals surface area (Å²) in [6, 6.07) is 7.03. The van der Waals surface area contributed by atoms with E-state index >= 15 is 0 Å². The summed E-state index contributed by atoms with van der Waals surface area (Å²) in [4.78, 5) is 0.331. The molecule has 5 nitrogen and oxygen atoms in total. The zero-order valence-corrected chi connectivity index (χ0v) is 12.6. The van der Waals surface area contributed by atoms with Crippen LogP contribution in [0, 0.1) is 5.92 Å². The summed E-state index contributed by atoms with van der Waals surface area (Å²) in [5.74, 6) is 0.374. The predicted octanol–water partition coefficient (Wildman–Crippen LogP) is 1.11. The van der Waals surface area contributed by atoms with Gasteiger partial charge in [-0.25, -0.2) is 13.1 Å². The first-order valence-corrected chi connectivity index (χ1v) is 8.41. The molecule has 6 heteroatoms. The van der Waals surface area contributed by atoms with Crippen molar-refractivity contribution in [2.75, 3.05) is 26.8 Å². The maximum atomic E-state index is 12.3. The molecule has 1 aromatic rings. The fourth-order valence-corrected chi connectivity index (χ4v) is 3.47. The van der Waals surface area contributed by atoms with Crippen LogP contribution in [-0.2, 0) is 21.3 Å². The lowest BCUT2D eigenvalue weighted by molar-refractivity contribution is 0.0678. The van der Waals surface area contributed by atoms with Gasteiger partial charge in [-0.05, 0) is 43.5 Å². The number of hydrogen-bond donors (Lipinski definition) is 2. The van der Waals surface area contributed by atoms with E-state index in [4.69, 9.17) is 4.74 Å². The van der Waals surface area contributed by atoms with E-state index in [0.717, 1.165) is 31.6 Å². The van der Waals surface area contributed by atoms with E-state index in [-0.39, 0.29) is 0 Å². The van der Waals surface area contributed by atoms with Crippen molar-refractivity contribution in [3.8, 4) is 0 Å². The molecular formula is C14H22N2O3S. The summed E-state index contributed by atoms with van der Waals surface area (Å²) in [5, 5.41) is 3.02. The Morgan fingerprint density at radius 2 is 2.05 bits per heavy atom. The molecule has 0 radical (unpaired) electrons. The van der Waals surface area contributed by atoms with Crippen LogP contribution in [0.2, 0.25) is 0 Å². The maximum absolute atomic E-state index is 12.3. The average Bonchev–Trinajstić information content (AvgIpc) is 2.47. The van der Waals surface area contributed by atoms with Crippen molar-refractivity contribution in [1.82, 2.24) is 10.0 Å². The SMILES string of the molecule is CNCc1cccc(S(=O)(=O)NCC2CCOCC2)c1. The van der Waals surface area contributed by atoms with Gasteiger partial charge in [0, 0.05) is 26.3 Å². The Hall–Kier alpha value is -0.950. The third-order valence-corrected chi connectivity index (χ3v) is 4.91. The highest BCUT2D eigenvalue weighted by Crippen LogP contribution is 2.16. The van der Waals surface area contributed by atoms with E-state index in [1.807, 2.05) is 13.1 Å². The maximum Gasteiger partial charge on any atom is 0.240 e. The number of rotatable bonds is 6. The van der Waals surface area contributed by atoms with Crippen LogP contribution >= 0.6 is 0 Å². The number of ether oxygens (including phenoxy) is 1. The zero-order valence-electron chi connectivity index (χ0n) is 11.8. The second kappa shape index (κ2) is 7.17. The van der Waals surface area contributed by atoms with E-state index < -0.39 is 10.0 Å². The highest BCUT2D eigenvalue weighted by atomic mass is 32.2. The minimum absolute atomic E-state index is 0.331. The van der Waals surface area contributed by atoms with Crippen LogP contribution in [0.1, 0.15) is 18.4 Å². The molecule has 1 aromatic carbocycles. The van der Waals surface area contributed by atoms with E-state index in [9.17, 15) is 8.42 Å². The van der Waals surface area contributed by atoms with Crippen LogP contribution < -0.4 is 10.0 Å². The quantitative estimate of drug-likeness (QED) is 0.825. The summed E-state index contributed by atoms with van der Waals surface area (Å²) in [7, 11) is -1.58. The molecule has 0 bridgehead atoms. The first-order valence-electron chi connectivity index (χ1n) is 6.93. The minimum atomic E-state index is -3.42. The smallest absolute Gasteiger partial charge is 0.240 e. The van der Waals surface area contributed by atoms with E-state index in [2.05, 4.69) is 10.0 Å². The third kappa shape index (κ3) is 4.28. The van der Waals surface area contributed by atoms with Gasteiger partial charge in [0.2, 0.25) is 10.0 Å². The molecule has 0 amide bonds. The second-order valence-electron chi connectivity index (χ2n) is 5.09. The van der Waals surface area contributed by atoms with Gasteiger partial charge in [-0.3, -0.25) is 0 Å². The lowest BCUT2D eigenvalue weighted by atomic mass is 10.0. The normalized spacial score (nSPS) is 17.2. The van der Waals surface area contributed by atoms with Crippen molar-refractivity contribution >= 4 is 10.0 Å². The van der Waals surface area contributed by atoms with Gasteiger partial charge in [0.05, 0.1) is 4.90 Å². The van der Waals surface area contributed by atoms with Gasteiger partial charge in [0.25, 0.3) is 0 Å². The summed E-state index contributed by atoms with van der Waals surface area (Å²) in [5.41, 5.74) is 0.960. The molecule has 0 aliphatic carbocycles. The molecule has 1 fully saturated rings. The number of sulfonamides is 1. The Balaban J connectivity index is 2.00. The molecule has 0 atom stereocenters. The minimum Gasteiger partial charge on any atom is -0.381 e. The van der Waals surface area contributed by atoms with Crippen LogP contribution in [0.15, 0.2) is 29.2 Å². The van der Waals surface area contributed by atoms with E-state index in [0.29, 0.717) is 23.9 Å². The van der Waals surface area contributed by atoms with Crippen LogP contribution in [0.4, 0.5) is 0 Å². The highest BCUT2D eigenvalue weighted by Gasteiger charge is 2.19. The molecule has 1 aliphatic rings. The molecule has 2 N–H and O–H groups in total. The van der Waals surface area contributed by atoms with Gasteiger partial charge in [-0.1, -0.05) is 12.1 Å². The molecule has 1 saturated heterocycles. The molecule has 0 unspecified atom stereocenters. The van der Waals surface area contributed by atoms with Crippen LogP contribution in [0.5, 0.6) is 0 Å². The van der Waals surface area contributed by atoms with E-state index in [1.54, 1.807) is 18.2 Å². The Morgan fingerprint density at radius 1 is 1.30 bits per heavy atom. The highest BCUT2D eigenvalue weighted by molar-refractivity contribution is 7.89. The number of benzene rings is 1. The predicted molar refractivity (Wildman–Crippen MR) is 77.9 cm³/mol. The Morgan fingerprint density at radius 3 is 2.75 bits per heavy atom. The first kappa shape index (κ1) is 15.4. The van der Waals surface area contributed by atoms with Gasteiger partial charge < -0.3 is 10.1 Å². The van der Waals surface area contributed by atoms with E-state index in [1.165, 1.54) is 0 Å². The fraction of sp³-hybridized carbons (Fsp3) is 0.571. The lowest BCUT2D eigenvalue weighted by Gasteiger charge is -2.22. The third-order valence-electron chi connectivity index (χ3n) is 3.49. The number of nitrogens with one attached hydrogen (secondary N) is 2. The Kier molecular flexibility index (Phi) is 5.54. The van der Waals surface area contributed by atoms with Crippen molar-refractivity contribution in [2.24, 2.45) is 5.92 Å². The monoisotopic (exact) mass is 298 g/mol.